The van der Waals surface area contributed by atoms with Gasteiger partial charge < -0.3 is 5.32 Å². The van der Waals surface area contributed by atoms with Crippen molar-refractivity contribution in [2.24, 2.45) is 0 Å². The van der Waals surface area contributed by atoms with Crippen LogP contribution in [0.5, 0.6) is 0 Å². The Morgan fingerprint density at radius 3 is 2.47 bits per heavy atom. The second-order valence-electron chi connectivity index (χ2n) is 3.89. The minimum atomic E-state index is -0.324. The van der Waals surface area contributed by atoms with E-state index in [2.05, 4.69) is 5.32 Å². The zero-order valence-corrected chi connectivity index (χ0v) is 9.21. The molecule has 80 valence electrons. The van der Waals surface area contributed by atoms with Crippen LogP contribution in [0.2, 0.25) is 0 Å². The van der Waals surface area contributed by atoms with Gasteiger partial charge in [-0.3, -0.25) is 0 Å². The molecule has 0 amide bonds. The smallest absolute Gasteiger partial charge is 0.129 e. The maximum Gasteiger partial charge on any atom is 0.129 e. The summed E-state index contributed by atoms with van der Waals surface area (Å²) in [6, 6.07) is 6.74. The summed E-state index contributed by atoms with van der Waals surface area (Å²) in [7, 11) is 0. The lowest BCUT2D eigenvalue weighted by Crippen LogP contribution is -2.26. The van der Waals surface area contributed by atoms with Gasteiger partial charge in [-0.15, -0.1) is 0 Å². The van der Waals surface area contributed by atoms with Gasteiger partial charge in [0.25, 0.3) is 0 Å². The number of benzene rings is 1. The summed E-state index contributed by atoms with van der Waals surface area (Å²) in [4.78, 5) is 0. The Bertz CT molecular complexity index is 380. The Balaban J connectivity index is 2.91. The van der Waals surface area contributed by atoms with Gasteiger partial charge in [-0.1, -0.05) is 19.9 Å². The first kappa shape index (κ1) is 11.7. The molecule has 0 saturated heterocycles. The Kier molecular flexibility index (Phi) is 3.81. The maximum absolute atomic E-state index is 13.5. The van der Waals surface area contributed by atoms with E-state index in [9.17, 15) is 4.39 Å². The fraction of sp³-hybridized carbons (Fsp3) is 0.417. The highest BCUT2D eigenvalue weighted by atomic mass is 19.1. The van der Waals surface area contributed by atoms with E-state index in [0.717, 1.165) is 0 Å². The van der Waals surface area contributed by atoms with Crippen LogP contribution in [0.3, 0.4) is 0 Å². The van der Waals surface area contributed by atoms with Gasteiger partial charge >= 0.3 is 0 Å². The minimum absolute atomic E-state index is 0.0438. The number of rotatable bonds is 3. The predicted molar refractivity (Wildman–Crippen MR) is 57.8 cm³/mol. The topological polar surface area (TPSA) is 35.8 Å². The monoisotopic (exact) mass is 206 g/mol. The van der Waals surface area contributed by atoms with Crippen molar-refractivity contribution in [1.82, 2.24) is 5.32 Å². The molecule has 2 nitrogen and oxygen atoms in total. The number of nitrogens with one attached hydrogen (secondary N) is 1. The minimum Gasteiger partial charge on any atom is -0.308 e. The Hall–Kier alpha value is -1.40. The number of hydrogen-bond acceptors (Lipinski definition) is 2. The lowest BCUT2D eigenvalue weighted by molar-refractivity contribution is 0.483. The van der Waals surface area contributed by atoms with E-state index in [0.29, 0.717) is 17.2 Å². The second-order valence-corrected chi connectivity index (χ2v) is 3.89. The molecule has 1 N–H and O–H groups in total. The lowest BCUT2D eigenvalue weighted by atomic mass is 10.0. The summed E-state index contributed by atoms with van der Waals surface area (Å²) in [6.07, 6.45) is 0. The number of nitriles is 1. The van der Waals surface area contributed by atoms with Gasteiger partial charge in [0.1, 0.15) is 5.82 Å². The average molecular weight is 206 g/mol. The highest BCUT2D eigenvalue weighted by Gasteiger charge is 2.11. The first-order valence-electron chi connectivity index (χ1n) is 5.00. The van der Waals surface area contributed by atoms with E-state index in [1.165, 1.54) is 6.07 Å². The number of hydrogen-bond donors (Lipinski definition) is 1. The van der Waals surface area contributed by atoms with E-state index in [-0.39, 0.29) is 11.9 Å². The van der Waals surface area contributed by atoms with Crippen LogP contribution >= 0.6 is 0 Å². The molecule has 0 aromatic heterocycles. The van der Waals surface area contributed by atoms with Crippen molar-refractivity contribution in [3.63, 3.8) is 0 Å². The number of nitrogens with zero attached hydrogens (tertiary/aromatic N) is 1. The molecule has 0 saturated carbocycles. The molecule has 0 aliphatic rings. The predicted octanol–water partition coefficient (Wildman–Crippen LogP) is 2.76. The molecule has 1 aromatic rings. The molecule has 0 fully saturated rings. The third-order valence-corrected chi connectivity index (χ3v) is 2.18. The standard InChI is InChI=1S/C12H15FN2/c1-8(2)15-9(3)11-5-4-10(7-14)6-12(11)13/h4-6,8-9,15H,1-3H3. The van der Waals surface area contributed by atoms with Crippen molar-refractivity contribution < 1.29 is 4.39 Å². The third-order valence-electron chi connectivity index (χ3n) is 2.18. The average Bonchev–Trinajstić information content (AvgIpc) is 2.16. The van der Waals surface area contributed by atoms with Gasteiger partial charge in [0.2, 0.25) is 0 Å². The van der Waals surface area contributed by atoms with Crippen molar-refractivity contribution in [3.8, 4) is 6.07 Å². The summed E-state index contributed by atoms with van der Waals surface area (Å²) in [5, 5.41) is 11.8. The molecule has 0 aliphatic heterocycles. The first-order chi connectivity index (χ1) is 7.04. The summed E-state index contributed by atoms with van der Waals surface area (Å²) >= 11 is 0. The summed E-state index contributed by atoms with van der Waals surface area (Å²) < 4.78 is 13.5. The molecule has 0 spiro atoms. The summed E-state index contributed by atoms with van der Waals surface area (Å²) in [5.41, 5.74) is 0.954. The zero-order chi connectivity index (χ0) is 11.4. The molecule has 0 aliphatic carbocycles. The zero-order valence-electron chi connectivity index (χ0n) is 9.21. The van der Waals surface area contributed by atoms with Crippen LogP contribution in [0.25, 0.3) is 0 Å². The van der Waals surface area contributed by atoms with E-state index in [1.54, 1.807) is 12.1 Å². The Morgan fingerprint density at radius 2 is 2.00 bits per heavy atom. The van der Waals surface area contributed by atoms with Crippen LogP contribution in [-0.2, 0) is 0 Å². The van der Waals surface area contributed by atoms with Crippen LogP contribution in [0.15, 0.2) is 18.2 Å². The molecule has 0 radical (unpaired) electrons. The highest BCUT2D eigenvalue weighted by molar-refractivity contribution is 5.34. The molecule has 3 heteroatoms. The van der Waals surface area contributed by atoms with E-state index in [1.807, 2.05) is 26.8 Å². The normalized spacial score (nSPS) is 12.5. The largest absolute Gasteiger partial charge is 0.308 e. The van der Waals surface area contributed by atoms with Crippen molar-refractivity contribution in [3.05, 3.63) is 35.1 Å². The SMILES string of the molecule is CC(C)NC(C)c1ccc(C#N)cc1F. The van der Waals surface area contributed by atoms with Crippen LogP contribution in [0.1, 0.15) is 37.9 Å². The number of halogens is 1. The molecular weight excluding hydrogens is 191 g/mol. The van der Waals surface area contributed by atoms with Crippen LogP contribution in [0, 0.1) is 17.1 Å². The first-order valence-corrected chi connectivity index (χ1v) is 5.00. The van der Waals surface area contributed by atoms with E-state index >= 15 is 0 Å². The molecular formula is C12H15FN2. The molecule has 1 unspecified atom stereocenters. The fourth-order valence-electron chi connectivity index (χ4n) is 1.54. The Labute approximate surface area is 89.7 Å². The molecule has 15 heavy (non-hydrogen) atoms. The lowest BCUT2D eigenvalue weighted by Gasteiger charge is -2.17. The molecule has 0 bridgehead atoms. The second kappa shape index (κ2) is 4.90. The molecule has 1 atom stereocenters. The maximum atomic E-state index is 13.5. The van der Waals surface area contributed by atoms with Gasteiger partial charge in [0.05, 0.1) is 11.6 Å². The molecule has 0 heterocycles. The van der Waals surface area contributed by atoms with Gasteiger partial charge in [0, 0.05) is 17.6 Å². The van der Waals surface area contributed by atoms with Crippen molar-refractivity contribution in [1.29, 1.82) is 5.26 Å². The summed E-state index contributed by atoms with van der Waals surface area (Å²) in [5.74, 6) is -0.324. The Morgan fingerprint density at radius 1 is 1.33 bits per heavy atom. The van der Waals surface area contributed by atoms with Crippen LogP contribution in [-0.4, -0.2) is 6.04 Å². The van der Waals surface area contributed by atoms with Crippen LogP contribution in [0.4, 0.5) is 4.39 Å². The quantitative estimate of drug-likeness (QED) is 0.825. The molecule has 1 aromatic carbocycles. The van der Waals surface area contributed by atoms with Crippen LogP contribution < -0.4 is 5.32 Å². The van der Waals surface area contributed by atoms with Gasteiger partial charge in [-0.2, -0.15) is 5.26 Å². The van der Waals surface area contributed by atoms with E-state index in [4.69, 9.17) is 5.26 Å². The molecule has 1 rings (SSSR count). The van der Waals surface area contributed by atoms with Crippen molar-refractivity contribution in [2.45, 2.75) is 32.9 Å². The third kappa shape index (κ3) is 3.03. The van der Waals surface area contributed by atoms with Gasteiger partial charge in [-0.25, -0.2) is 4.39 Å². The van der Waals surface area contributed by atoms with Gasteiger partial charge in [0.15, 0.2) is 0 Å². The van der Waals surface area contributed by atoms with Crippen molar-refractivity contribution in [2.75, 3.05) is 0 Å². The van der Waals surface area contributed by atoms with E-state index < -0.39 is 0 Å². The fourth-order valence-corrected chi connectivity index (χ4v) is 1.54. The van der Waals surface area contributed by atoms with Gasteiger partial charge in [-0.05, 0) is 19.1 Å². The highest BCUT2D eigenvalue weighted by Crippen LogP contribution is 2.18. The summed E-state index contributed by atoms with van der Waals surface area (Å²) in [6.45, 7) is 5.93. The van der Waals surface area contributed by atoms with Crippen molar-refractivity contribution >= 4 is 0 Å².